The molecular formula is C18H18ClNO5S. The van der Waals surface area contributed by atoms with E-state index in [1.165, 1.54) is 11.3 Å². The fourth-order valence-corrected chi connectivity index (χ4v) is 3.55. The molecule has 1 N–H and O–H groups in total. The van der Waals surface area contributed by atoms with Crippen LogP contribution in [0.4, 0.5) is 0 Å². The summed E-state index contributed by atoms with van der Waals surface area (Å²) in [7, 11) is 0. The van der Waals surface area contributed by atoms with Crippen molar-refractivity contribution >= 4 is 40.7 Å². The zero-order valence-corrected chi connectivity index (χ0v) is 15.7. The van der Waals surface area contributed by atoms with Crippen LogP contribution in [0.5, 0.6) is 0 Å². The number of aromatic nitrogens is 1. The average Bonchev–Trinajstić information content (AvgIpc) is 3.04. The van der Waals surface area contributed by atoms with E-state index in [2.05, 4.69) is 4.98 Å². The second-order valence-electron chi connectivity index (χ2n) is 5.59. The van der Waals surface area contributed by atoms with Crippen molar-refractivity contribution in [1.82, 2.24) is 4.98 Å². The second-order valence-corrected chi connectivity index (χ2v) is 7.09. The van der Waals surface area contributed by atoms with Crippen LogP contribution in [0.25, 0.3) is 10.6 Å². The van der Waals surface area contributed by atoms with Crippen LogP contribution in [0.1, 0.15) is 37.0 Å². The number of carbonyl (C=O) groups excluding carboxylic acids is 2. The largest absolute Gasteiger partial charge is 0.481 e. The molecule has 138 valence electrons. The number of halogens is 1. The van der Waals surface area contributed by atoms with Gasteiger partial charge in [-0.05, 0) is 19.1 Å². The molecule has 0 aliphatic carbocycles. The van der Waals surface area contributed by atoms with Crippen molar-refractivity contribution in [2.24, 2.45) is 0 Å². The molecule has 0 radical (unpaired) electrons. The highest BCUT2D eigenvalue weighted by Gasteiger charge is 2.23. The van der Waals surface area contributed by atoms with E-state index in [1.54, 1.807) is 25.3 Å². The van der Waals surface area contributed by atoms with Crippen molar-refractivity contribution in [2.75, 3.05) is 6.61 Å². The van der Waals surface area contributed by atoms with Gasteiger partial charge in [-0.3, -0.25) is 14.4 Å². The second kappa shape index (κ2) is 9.45. The molecule has 6 nitrogen and oxygen atoms in total. The normalized spacial score (nSPS) is 11.8. The monoisotopic (exact) mass is 395 g/mol. The fourth-order valence-electron chi connectivity index (χ4n) is 2.41. The Kier molecular flexibility index (Phi) is 7.29. The van der Waals surface area contributed by atoms with Gasteiger partial charge in [-0.15, -0.1) is 11.3 Å². The van der Waals surface area contributed by atoms with Crippen molar-refractivity contribution in [2.45, 2.75) is 32.1 Å². The van der Waals surface area contributed by atoms with Crippen LogP contribution in [0, 0.1) is 0 Å². The van der Waals surface area contributed by atoms with Gasteiger partial charge in [-0.25, -0.2) is 4.98 Å². The third-order valence-corrected chi connectivity index (χ3v) is 5.02. The maximum Gasteiger partial charge on any atom is 0.313 e. The van der Waals surface area contributed by atoms with Gasteiger partial charge in [0.1, 0.15) is 17.2 Å². The molecule has 0 bridgehead atoms. The maximum atomic E-state index is 12.1. The Balaban J connectivity index is 2.14. The molecule has 2 aromatic rings. The first-order valence-corrected chi connectivity index (χ1v) is 9.19. The minimum absolute atomic E-state index is 0.0482. The molecule has 1 aromatic heterocycles. The molecular weight excluding hydrogens is 378 g/mol. The summed E-state index contributed by atoms with van der Waals surface area (Å²) in [5.41, 5.74) is 0.859. The van der Waals surface area contributed by atoms with Gasteiger partial charge in [0.2, 0.25) is 0 Å². The maximum absolute atomic E-state index is 12.1. The van der Waals surface area contributed by atoms with E-state index in [-0.39, 0.29) is 31.7 Å². The number of thiazole rings is 1. The minimum atomic E-state index is -1.01. The number of benzene rings is 1. The zero-order valence-electron chi connectivity index (χ0n) is 14.1. The molecule has 1 aromatic carbocycles. The van der Waals surface area contributed by atoms with Gasteiger partial charge in [0.05, 0.1) is 13.0 Å². The Morgan fingerprint density at radius 2 is 1.92 bits per heavy atom. The van der Waals surface area contributed by atoms with Crippen molar-refractivity contribution in [3.05, 3.63) is 40.4 Å². The van der Waals surface area contributed by atoms with Crippen LogP contribution in [-0.2, 0) is 19.1 Å². The minimum Gasteiger partial charge on any atom is -0.481 e. The van der Waals surface area contributed by atoms with E-state index in [0.29, 0.717) is 14.9 Å². The first-order chi connectivity index (χ1) is 12.4. The topological polar surface area (TPSA) is 93.6 Å². The van der Waals surface area contributed by atoms with E-state index in [0.717, 1.165) is 5.56 Å². The van der Waals surface area contributed by atoms with E-state index in [9.17, 15) is 14.4 Å². The zero-order chi connectivity index (χ0) is 19.1. The number of Topliss-reactive ketones (excluding diaryl/α,β-unsaturated/α-hetero) is 1. The lowest BCUT2D eigenvalue weighted by Gasteiger charge is -2.11. The Morgan fingerprint density at radius 3 is 2.54 bits per heavy atom. The van der Waals surface area contributed by atoms with Crippen molar-refractivity contribution in [3.63, 3.8) is 0 Å². The smallest absolute Gasteiger partial charge is 0.313 e. The first-order valence-electron chi connectivity index (χ1n) is 7.99. The molecule has 0 amide bonds. The van der Waals surface area contributed by atoms with Crippen LogP contribution in [0.3, 0.4) is 0 Å². The summed E-state index contributed by atoms with van der Waals surface area (Å²) in [6.07, 6.45) is 0.969. The summed E-state index contributed by atoms with van der Waals surface area (Å²) < 4.78 is 4.76. The SMILES string of the molecule is CCOC(=O)CC(=O)CC(CC(=O)O)c1cnc(-c2ccc(Cl)cc2)s1. The predicted molar refractivity (Wildman–Crippen MR) is 98.4 cm³/mol. The highest BCUT2D eigenvalue weighted by atomic mass is 35.5. The number of ketones is 1. The number of carboxylic acids is 1. The van der Waals surface area contributed by atoms with Gasteiger partial charge in [0.25, 0.3) is 0 Å². The molecule has 8 heteroatoms. The lowest BCUT2D eigenvalue weighted by atomic mass is 9.96. The molecule has 1 unspecified atom stereocenters. The molecule has 2 rings (SSSR count). The number of nitrogens with zero attached hydrogens (tertiary/aromatic N) is 1. The standard InChI is InChI=1S/C18H18ClNO5S/c1-2-25-17(24)9-14(21)7-12(8-16(22)23)15-10-20-18(26-15)11-3-5-13(19)6-4-11/h3-6,10,12H,2,7-9H2,1H3,(H,22,23). The number of esters is 1. The molecule has 26 heavy (non-hydrogen) atoms. The van der Waals surface area contributed by atoms with Crippen LogP contribution < -0.4 is 0 Å². The van der Waals surface area contributed by atoms with Crippen LogP contribution in [-0.4, -0.2) is 34.4 Å². The molecule has 0 fully saturated rings. The number of hydrogen-bond donors (Lipinski definition) is 1. The lowest BCUT2D eigenvalue weighted by Crippen LogP contribution is -2.15. The Morgan fingerprint density at radius 1 is 1.23 bits per heavy atom. The number of hydrogen-bond acceptors (Lipinski definition) is 6. The highest BCUT2D eigenvalue weighted by Crippen LogP contribution is 2.34. The Labute approximate surface area is 159 Å². The molecule has 0 aliphatic rings. The summed E-state index contributed by atoms with van der Waals surface area (Å²) in [5, 5.41) is 10.5. The quantitative estimate of drug-likeness (QED) is 0.510. The van der Waals surface area contributed by atoms with E-state index >= 15 is 0 Å². The van der Waals surface area contributed by atoms with Gasteiger partial charge >= 0.3 is 11.9 Å². The number of carboxylic acid groups (broad SMARTS) is 1. The number of rotatable bonds is 9. The highest BCUT2D eigenvalue weighted by molar-refractivity contribution is 7.15. The summed E-state index contributed by atoms with van der Waals surface area (Å²) in [6, 6.07) is 7.14. The third kappa shape index (κ3) is 5.93. The van der Waals surface area contributed by atoms with Gasteiger partial charge in [-0.1, -0.05) is 23.7 Å². The van der Waals surface area contributed by atoms with Crippen LogP contribution in [0.15, 0.2) is 30.5 Å². The van der Waals surface area contributed by atoms with E-state index in [1.807, 2.05) is 12.1 Å². The molecule has 1 atom stereocenters. The number of carbonyl (C=O) groups is 3. The summed E-state index contributed by atoms with van der Waals surface area (Å²) in [5.74, 6) is -2.50. The molecule has 0 saturated carbocycles. The summed E-state index contributed by atoms with van der Waals surface area (Å²) in [4.78, 5) is 39.7. The van der Waals surface area contributed by atoms with Crippen molar-refractivity contribution < 1.29 is 24.2 Å². The molecule has 1 heterocycles. The summed E-state index contributed by atoms with van der Waals surface area (Å²) in [6.45, 7) is 1.86. The van der Waals surface area contributed by atoms with Gasteiger partial charge in [-0.2, -0.15) is 0 Å². The van der Waals surface area contributed by atoms with Gasteiger partial charge in [0, 0.05) is 34.0 Å². The number of aliphatic carboxylic acids is 1. The third-order valence-electron chi connectivity index (χ3n) is 3.56. The first kappa shape index (κ1) is 20.1. The van der Waals surface area contributed by atoms with Gasteiger partial charge < -0.3 is 9.84 Å². The molecule has 0 aliphatic heterocycles. The van der Waals surface area contributed by atoms with Crippen LogP contribution in [0.2, 0.25) is 5.02 Å². The average molecular weight is 396 g/mol. The molecule has 0 saturated heterocycles. The van der Waals surface area contributed by atoms with Crippen molar-refractivity contribution in [3.8, 4) is 10.6 Å². The fraction of sp³-hybridized carbons (Fsp3) is 0.333. The van der Waals surface area contributed by atoms with Crippen LogP contribution >= 0.6 is 22.9 Å². The summed E-state index contributed by atoms with van der Waals surface area (Å²) >= 11 is 7.20. The van der Waals surface area contributed by atoms with E-state index < -0.39 is 17.9 Å². The molecule has 0 spiro atoms. The Hall–Kier alpha value is -2.25. The van der Waals surface area contributed by atoms with Gasteiger partial charge in [0.15, 0.2) is 0 Å². The Bertz CT molecular complexity index is 787. The van der Waals surface area contributed by atoms with Crippen molar-refractivity contribution in [1.29, 1.82) is 0 Å². The predicted octanol–water partition coefficient (Wildman–Crippen LogP) is 3.93. The number of ether oxygens (including phenoxy) is 1. The lowest BCUT2D eigenvalue weighted by molar-refractivity contribution is -0.145. The van der Waals surface area contributed by atoms with E-state index in [4.69, 9.17) is 21.4 Å².